The number of piperidine rings is 1. The molecule has 0 spiro atoms. The van der Waals surface area contributed by atoms with Crippen LogP contribution in [-0.2, 0) is 6.54 Å². The molecule has 5 rings (SSSR count). The quantitative estimate of drug-likeness (QED) is 0.418. The maximum Gasteiger partial charge on any atom is 0.253 e. The number of hydrogen-bond donors (Lipinski definition) is 0. The lowest BCUT2D eigenvalue weighted by Crippen LogP contribution is -2.39. The second kappa shape index (κ2) is 9.87. The summed E-state index contributed by atoms with van der Waals surface area (Å²) in [6.45, 7) is 4.01. The van der Waals surface area contributed by atoms with E-state index in [9.17, 15) is 4.79 Å². The van der Waals surface area contributed by atoms with Gasteiger partial charge in [0.25, 0.3) is 5.91 Å². The van der Waals surface area contributed by atoms with Crippen molar-refractivity contribution >= 4 is 5.91 Å². The fraction of sp³-hybridized carbons (Fsp3) is 0.259. The largest absolute Gasteiger partial charge is 0.437 e. The highest BCUT2D eigenvalue weighted by Crippen LogP contribution is 2.33. The predicted molar refractivity (Wildman–Crippen MR) is 129 cm³/mol. The summed E-state index contributed by atoms with van der Waals surface area (Å²) in [4.78, 5) is 28.5. The molecule has 1 amide bonds. The minimum absolute atomic E-state index is 0.0439. The van der Waals surface area contributed by atoms with Gasteiger partial charge < -0.3 is 14.2 Å². The van der Waals surface area contributed by atoms with Crippen LogP contribution in [0.4, 0.5) is 0 Å². The van der Waals surface area contributed by atoms with Gasteiger partial charge in [0, 0.05) is 55.9 Å². The maximum absolute atomic E-state index is 13.4. The highest BCUT2D eigenvalue weighted by atomic mass is 16.5. The van der Waals surface area contributed by atoms with E-state index in [-0.39, 0.29) is 11.8 Å². The van der Waals surface area contributed by atoms with E-state index in [1.165, 1.54) is 0 Å². The Hall–Kier alpha value is -4.00. The number of carbonyl (C=O) groups is 1. The lowest BCUT2D eigenvalue weighted by molar-refractivity contribution is 0.0704. The van der Waals surface area contributed by atoms with Gasteiger partial charge in [-0.1, -0.05) is 30.3 Å². The van der Waals surface area contributed by atoms with Gasteiger partial charge in [0.2, 0.25) is 5.88 Å². The van der Waals surface area contributed by atoms with Gasteiger partial charge in [-0.2, -0.15) is 0 Å². The molecule has 3 heterocycles. The van der Waals surface area contributed by atoms with Crippen LogP contribution in [0.3, 0.4) is 0 Å². The van der Waals surface area contributed by atoms with Gasteiger partial charge in [0.05, 0.1) is 6.33 Å². The van der Waals surface area contributed by atoms with E-state index in [1.54, 1.807) is 24.9 Å². The van der Waals surface area contributed by atoms with E-state index in [0.717, 1.165) is 42.0 Å². The molecule has 0 radical (unpaired) electrons. The van der Waals surface area contributed by atoms with Crippen LogP contribution in [0, 0.1) is 6.92 Å². The summed E-state index contributed by atoms with van der Waals surface area (Å²) in [6.07, 6.45) is 10.6. The molecule has 1 aliphatic heterocycles. The molecule has 4 aromatic rings. The molecule has 0 aliphatic carbocycles. The number of hydrogen-bond acceptors (Lipinski definition) is 5. The van der Waals surface area contributed by atoms with E-state index < -0.39 is 0 Å². The summed E-state index contributed by atoms with van der Waals surface area (Å²) in [6, 6.07) is 15.7. The van der Waals surface area contributed by atoms with Crippen molar-refractivity contribution in [2.45, 2.75) is 32.2 Å². The van der Waals surface area contributed by atoms with Gasteiger partial charge >= 0.3 is 0 Å². The summed E-state index contributed by atoms with van der Waals surface area (Å²) in [7, 11) is 0. The molecule has 7 nitrogen and oxygen atoms in total. The van der Waals surface area contributed by atoms with Gasteiger partial charge in [-0.05, 0) is 49.1 Å². The number of amides is 1. The Morgan fingerprint density at radius 3 is 2.82 bits per heavy atom. The molecule has 7 heteroatoms. The zero-order chi connectivity index (χ0) is 23.3. The zero-order valence-electron chi connectivity index (χ0n) is 19.2. The Bertz CT molecular complexity index is 1270. The molecule has 0 unspecified atom stereocenters. The minimum atomic E-state index is 0.0439. The molecular formula is C27H27N5O2. The monoisotopic (exact) mass is 453 g/mol. The highest BCUT2D eigenvalue weighted by molar-refractivity contribution is 5.94. The number of aromatic nitrogens is 4. The van der Waals surface area contributed by atoms with Gasteiger partial charge in [0.1, 0.15) is 11.4 Å². The van der Waals surface area contributed by atoms with Crippen molar-refractivity contribution in [3.8, 4) is 11.6 Å². The highest BCUT2D eigenvalue weighted by Gasteiger charge is 2.29. The SMILES string of the molecule is Cc1ccccc1Oc1nccnc1[C@H]1CCCN(C(=O)c2cccc(Cn3ccnc3)c2)C1. The first-order valence-corrected chi connectivity index (χ1v) is 11.6. The molecule has 2 aromatic carbocycles. The minimum Gasteiger partial charge on any atom is -0.437 e. The number of para-hydroxylation sites is 1. The van der Waals surface area contributed by atoms with Crippen molar-refractivity contribution in [2.75, 3.05) is 13.1 Å². The molecule has 1 aliphatic rings. The number of rotatable bonds is 6. The molecule has 0 saturated carbocycles. The van der Waals surface area contributed by atoms with Crippen LogP contribution in [0.15, 0.2) is 79.6 Å². The Labute approximate surface area is 199 Å². The molecule has 34 heavy (non-hydrogen) atoms. The van der Waals surface area contributed by atoms with Crippen LogP contribution in [0.5, 0.6) is 11.6 Å². The smallest absolute Gasteiger partial charge is 0.253 e. The lowest BCUT2D eigenvalue weighted by Gasteiger charge is -2.33. The summed E-state index contributed by atoms with van der Waals surface area (Å²) >= 11 is 0. The lowest BCUT2D eigenvalue weighted by atomic mass is 9.94. The number of benzene rings is 2. The number of imidazole rings is 1. The van der Waals surface area contributed by atoms with Crippen molar-refractivity contribution in [1.82, 2.24) is 24.4 Å². The first kappa shape index (κ1) is 21.8. The van der Waals surface area contributed by atoms with Crippen LogP contribution in [0.25, 0.3) is 0 Å². The first-order valence-electron chi connectivity index (χ1n) is 11.6. The summed E-state index contributed by atoms with van der Waals surface area (Å²) in [5.74, 6) is 1.39. The standard InChI is InChI=1S/C27H27N5O2/c1-20-6-2-3-10-24(20)34-26-25(29-11-12-30-26)23-9-5-14-32(18-23)27(33)22-8-4-7-21(16-22)17-31-15-13-28-19-31/h2-4,6-8,10-13,15-16,19,23H,5,9,14,17-18H2,1H3/t23-/m0/s1. The number of ether oxygens (including phenoxy) is 1. The molecule has 2 aromatic heterocycles. The summed E-state index contributed by atoms with van der Waals surface area (Å²) in [5.41, 5.74) is 3.61. The Morgan fingerprint density at radius 1 is 1.09 bits per heavy atom. The second-order valence-electron chi connectivity index (χ2n) is 8.64. The normalized spacial score (nSPS) is 15.8. The predicted octanol–water partition coefficient (Wildman–Crippen LogP) is 4.84. The molecule has 1 fully saturated rings. The van der Waals surface area contributed by atoms with E-state index in [4.69, 9.17) is 4.74 Å². The van der Waals surface area contributed by atoms with Crippen LogP contribution in [0.2, 0.25) is 0 Å². The average Bonchev–Trinajstić information content (AvgIpc) is 3.39. The molecule has 1 saturated heterocycles. The topological polar surface area (TPSA) is 73.1 Å². The van der Waals surface area contributed by atoms with Gasteiger partial charge in [0.15, 0.2) is 0 Å². The van der Waals surface area contributed by atoms with Crippen molar-refractivity contribution in [1.29, 1.82) is 0 Å². The molecule has 1 atom stereocenters. The van der Waals surface area contributed by atoms with Crippen LogP contribution in [0.1, 0.15) is 45.9 Å². The number of aryl methyl sites for hydroxylation is 1. The van der Waals surface area contributed by atoms with Gasteiger partial charge in [-0.15, -0.1) is 0 Å². The van der Waals surface area contributed by atoms with Crippen LogP contribution >= 0.6 is 0 Å². The van der Waals surface area contributed by atoms with E-state index in [2.05, 4.69) is 15.0 Å². The third kappa shape index (κ3) is 4.83. The van der Waals surface area contributed by atoms with Crippen molar-refractivity contribution in [3.63, 3.8) is 0 Å². The van der Waals surface area contributed by atoms with Crippen molar-refractivity contribution in [2.24, 2.45) is 0 Å². The molecule has 172 valence electrons. The Morgan fingerprint density at radius 2 is 1.97 bits per heavy atom. The fourth-order valence-corrected chi connectivity index (χ4v) is 4.43. The van der Waals surface area contributed by atoms with Crippen LogP contribution in [-0.4, -0.2) is 43.4 Å². The summed E-state index contributed by atoms with van der Waals surface area (Å²) < 4.78 is 8.15. The fourth-order valence-electron chi connectivity index (χ4n) is 4.43. The van der Waals surface area contributed by atoms with E-state index in [0.29, 0.717) is 24.5 Å². The molecule has 0 bridgehead atoms. The molecular weight excluding hydrogens is 426 g/mol. The van der Waals surface area contributed by atoms with Gasteiger partial charge in [-0.25, -0.2) is 9.97 Å². The van der Waals surface area contributed by atoms with E-state index in [1.807, 2.05) is 71.1 Å². The number of likely N-dealkylation sites (tertiary alicyclic amines) is 1. The van der Waals surface area contributed by atoms with Crippen molar-refractivity contribution < 1.29 is 9.53 Å². The number of nitrogens with zero attached hydrogens (tertiary/aromatic N) is 5. The number of carbonyl (C=O) groups excluding carboxylic acids is 1. The first-order chi connectivity index (χ1) is 16.7. The van der Waals surface area contributed by atoms with E-state index >= 15 is 0 Å². The Balaban J connectivity index is 1.33. The third-order valence-electron chi connectivity index (χ3n) is 6.18. The van der Waals surface area contributed by atoms with Gasteiger partial charge in [-0.3, -0.25) is 9.78 Å². The van der Waals surface area contributed by atoms with Crippen LogP contribution < -0.4 is 4.74 Å². The Kier molecular flexibility index (Phi) is 6.33. The van der Waals surface area contributed by atoms with Crippen molar-refractivity contribution in [3.05, 3.63) is 102 Å². The second-order valence-corrected chi connectivity index (χ2v) is 8.64. The third-order valence-corrected chi connectivity index (χ3v) is 6.18. The summed E-state index contributed by atoms with van der Waals surface area (Å²) in [5, 5.41) is 0. The zero-order valence-corrected chi connectivity index (χ0v) is 19.2. The molecule has 0 N–H and O–H groups in total. The maximum atomic E-state index is 13.4. The average molecular weight is 454 g/mol.